The van der Waals surface area contributed by atoms with Crippen molar-refractivity contribution >= 4 is 52.0 Å². The van der Waals surface area contributed by atoms with Crippen LogP contribution in [-0.4, -0.2) is 87.7 Å². The molecule has 4 aromatic rings. The molecule has 6 aliphatic rings. The molecule has 366 valence electrons. The number of carbonyl (C=O) groups is 1. The fourth-order valence-electron chi connectivity index (χ4n) is 13.1. The van der Waals surface area contributed by atoms with E-state index in [-0.39, 0.29) is 59.8 Å². The lowest BCUT2D eigenvalue weighted by Crippen LogP contribution is -2.45. The fourth-order valence-corrected chi connectivity index (χ4v) is 15.1. The van der Waals surface area contributed by atoms with E-state index in [0.717, 1.165) is 85.1 Å². The summed E-state index contributed by atoms with van der Waals surface area (Å²) < 4.78 is 0. The number of hydrogen-bond acceptors (Lipinski definition) is 11. The zero-order valence-corrected chi connectivity index (χ0v) is 42.0. The van der Waals surface area contributed by atoms with E-state index in [1.807, 2.05) is 38.3 Å². The summed E-state index contributed by atoms with van der Waals surface area (Å²) in [6.07, 6.45) is 11.6. The number of aliphatic hydroxyl groups excluding tert-OH is 2. The van der Waals surface area contributed by atoms with Crippen LogP contribution in [0.1, 0.15) is 120 Å². The molecule has 0 amide bonds. The molecule has 9 unspecified atom stereocenters. The van der Waals surface area contributed by atoms with Gasteiger partial charge in [-0.3, -0.25) is 14.8 Å². The molecule has 9 atom stereocenters. The number of benzene rings is 2. The number of aliphatic imine (C=N–C) groups is 3. The Hall–Kier alpha value is -5.28. The van der Waals surface area contributed by atoms with Crippen LogP contribution in [0.2, 0.25) is 0 Å². The minimum absolute atomic E-state index is 0.00179. The van der Waals surface area contributed by atoms with Crippen molar-refractivity contribution < 1.29 is 25.2 Å². The molecule has 0 saturated heterocycles. The van der Waals surface area contributed by atoms with Gasteiger partial charge in [0.1, 0.15) is 12.4 Å². The highest BCUT2D eigenvalue weighted by Crippen LogP contribution is 2.62. The molecule has 2 aromatic heterocycles. The Morgan fingerprint density at radius 3 is 2.63 bits per heavy atom. The number of β-amino-alcohol motifs (C(OH)–C–C–N with tert-alkyl or cyclic N) is 1. The number of nitrogens with two attached hydrogens (primary N) is 1. The van der Waals surface area contributed by atoms with Gasteiger partial charge in [0.25, 0.3) is 0 Å². The standard InChI is InChI=1S/C57H66N6O5S2/c1-3-8-42-15-18-51(69-42)52-19-20-53(70-52)54(67)47-17-14-37-27-57(47)28-45(46(29-57)50(66)31-64)35-13-16-43-38(23-48(37)63-55(58)62-39-11-5-4-6-12-39)22-41(65)25-49(43)60-32-56(2,68)26-36-10-7-9-34(21-35)44(36)24-40-30-59-33-61-40/h7,9-10,15,18-20,22,25,30,35,37,39,45-48,50,60,64-66,68H,4-6,11-12,14,17,21,23-24,26-29,31-33H2,1-2H3,(H3,58,62,63). The monoisotopic (exact) mass is 978 g/mol. The molecule has 8 N–H and O–H groups in total. The van der Waals surface area contributed by atoms with Crippen molar-refractivity contribution in [3.05, 3.63) is 92.2 Å². The SMILES string of the molecule is CC#Cc1ccc(-c2ccc(C(=O)C3CCC4CC35CC(C(O)CO)C(C5)C3C#Cc5c(cc(O)cc5NCC(C)(O)Cc5cccc(c5CC5=NCN=C5)C3)CC4N=C(N)NC3CCCCC3)s2)s1. The number of guanidine groups is 1. The summed E-state index contributed by atoms with van der Waals surface area (Å²) in [7, 11) is 0. The van der Waals surface area contributed by atoms with Gasteiger partial charge in [-0.1, -0.05) is 55.2 Å². The quantitative estimate of drug-likeness (QED) is 0.0378. The van der Waals surface area contributed by atoms with Gasteiger partial charge < -0.3 is 36.8 Å². The van der Waals surface area contributed by atoms with Crippen LogP contribution in [0, 0.1) is 58.7 Å². The molecule has 1 spiro atoms. The van der Waals surface area contributed by atoms with Crippen molar-refractivity contribution in [2.75, 3.05) is 25.1 Å². The molecule has 4 aliphatic carbocycles. The molecule has 13 heteroatoms. The molecule has 3 saturated carbocycles. The Balaban J connectivity index is 1.13. The third-order valence-corrected chi connectivity index (χ3v) is 18.6. The van der Waals surface area contributed by atoms with Gasteiger partial charge >= 0.3 is 0 Å². The molecule has 7 bridgehead atoms. The van der Waals surface area contributed by atoms with Gasteiger partial charge in [0, 0.05) is 59.3 Å². The molecule has 10 rings (SSSR count). The number of nitrogens with zero attached hydrogens (tertiary/aromatic N) is 3. The summed E-state index contributed by atoms with van der Waals surface area (Å²) >= 11 is 3.18. The van der Waals surface area contributed by atoms with E-state index in [0.29, 0.717) is 69.7 Å². The zero-order chi connectivity index (χ0) is 48.6. The van der Waals surface area contributed by atoms with Gasteiger partial charge in [-0.25, -0.2) is 4.99 Å². The number of carbonyl (C=O) groups excluding carboxylic acids is 1. The molecule has 3 fully saturated rings. The van der Waals surface area contributed by atoms with Crippen molar-refractivity contribution in [1.82, 2.24) is 5.32 Å². The molecular formula is C57H66N6O5S2. The number of Topliss-reactive ketones (excluding diaryl/α,β-unsaturated/α-hetero) is 1. The Bertz CT molecular complexity index is 2830. The number of nitrogens with one attached hydrogen (secondary N) is 2. The van der Waals surface area contributed by atoms with Crippen LogP contribution >= 0.6 is 22.7 Å². The lowest BCUT2D eigenvalue weighted by Gasteiger charge is -2.46. The van der Waals surface area contributed by atoms with E-state index in [1.54, 1.807) is 28.7 Å². The van der Waals surface area contributed by atoms with Gasteiger partial charge in [-0.05, 0) is 147 Å². The first-order valence-electron chi connectivity index (χ1n) is 25.4. The van der Waals surface area contributed by atoms with Crippen LogP contribution < -0.4 is 16.4 Å². The van der Waals surface area contributed by atoms with E-state index in [4.69, 9.17) is 15.7 Å². The van der Waals surface area contributed by atoms with Crippen molar-refractivity contribution in [1.29, 1.82) is 0 Å². The summed E-state index contributed by atoms with van der Waals surface area (Å²) in [5.41, 5.74) is 11.5. The Morgan fingerprint density at radius 1 is 1.01 bits per heavy atom. The Labute approximate surface area is 420 Å². The highest BCUT2D eigenvalue weighted by molar-refractivity contribution is 7.23. The number of phenolic OH excluding ortho intramolecular Hbond substituents is 1. The Kier molecular flexibility index (Phi) is 14.1. The van der Waals surface area contributed by atoms with Crippen LogP contribution in [0.4, 0.5) is 5.69 Å². The maximum Gasteiger partial charge on any atom is 0.189 e. The average Bonchev–Trinajstić information content (AvgIpc) is 4.19. The first-order chi connectivity index (χ1) is 33.9. The van der Waals surface area contributed by atoms with E-state index in [9.17, 15) is 20.4 Å². The topological polar surface area (TPSA) is 185 Å². The normalized spacial score (nSPS) is 29.0. The van der Waals surface area contributed by atoms with E-state index >= 15 is 4.79 Å². The summed E-state index contributed by atoms with van der Waals surface area (Å²) in [5.74, 6) is 13.1. The third-order valence-electron chi connectivity index (χ3n) is 16.3. The number of rotatable bonds is 9. The third kappa shape index (κ3) is 10.2. The predicted molar refractivity (Wildman–Crippen MR) is 282 cm³/mol. The molecular weight excluding hydrogens is 913 g/mol. The van der Waals surface area contributed by atoms with Gasteiger partial charge in [-0.2, -0.15) is 0 Å². The first-order valence-corrected chi connectivity index (χ1v) is 27.0. The number of thiophene rings is 2. The second-order valence-electron chi connectivity index (χ2n) is 21.2. The number of anilines is 1. The number of fused-ring (bicyclic) bond motifs is 6. The number of phenols is 1. The van der Waals surface area contributed by atoms with Crippen molar-refractivity contribution in [2.45, 2.75) is 128 Å². The van der Waals surface area contributed by atoms with Crippen molar-refractivity contribution in [3.8, 4) is 39.2 Å². The van der Waals surface area contributed by atoms with E-state index in [1.165, 1.54) is 6.42 Å². The maximum atomic E-state index is 15.4. The number of ketones is 1. The minimum atomic E-state index is -1.19. The van der Waals surface area contributed by atoms with Gasteiger partial charge in [0.2, 0.25) is 0 Å². The molecule has 70 heavy (non-hydrogen) atoms. The molecule has 4 heterocycles. The summed E-state index contributed by atoms with van der Waals surface area (Å²) in [4.78, 5) is 33.8. The van der Waals surface area contributed by atoms with Gasteiger partial charge in [0.15, 0.2) is 11.7 Å². The van der Waals surface area contributed by atoms with Crippen molar-refractivity contribution in [3.63, 3.8) is 0 Å². The fraction of sp³-hybridized carbons (Fsp3) is 0.509. The number of aromatic hydroxyl groups is 1. The van der Waals surface area contributed by atoms with Crippen LogP contribution in [0.5, 0.6) is 5.75 Å². The number of hydrogen-bond donors (Lipinski definition) is 7. The van der Waals surface area contributed by atoms with Crippen LogP contribution in [0.15, 0.2) is 69.6 Å². The van der Waals surface area contributed by atoms with Crippen LogP contribution in [0.3, 0.4) is 0 Å². The lowest BCUT2D eigenvalue weighted by molar-refractivity contribution is 0.0139. The first kappa shape index (κ1) is 48.4. The minimum Gasteiger partial charge on any atom is -0.508 e. The second-order valence-corrected chi connectivity index (χ2v) is 23.4. The largest absolute Gasteiger partial charge is 0.508 e. The van der Waals surface area contributed by atoms with Crippen LogP contribution in [-0.2, 0) is 25.7 Å². The summed E-state index contributed by atoms with van der Waals surface area (Å²) in [5, 5.41) is 53.8. The average molecular weight is 979 g/mol. The maximum absolute atomic E-state index is 15.4. The van der Waals surface area contributed by atoms with Gasteiger partial charge in [0.05, 0.1) is 51.1 Å². The molecule has 2 aromatic carbocycles. The second kappa shape index (κ2) is 20.4. The lowest BCUT2D eigenvalue weighted by atomic mass is 9.58. The highest BCUT2D eigenvalue weighted by atomic mass is 32.1. The van der Waals surface area contributed by atoms with Crippen molar-refractivity contribution in [2.24, 2.45) is 55.7 Å². The van der Waals surface area contributed by atoms with Crippen LogP contribution in [0.25, 0.3) is 9.75 Å². The summed E-state index contributed by atoms with van der Waals surface area (Å²) in [6, 6.07) is 17.9. The molecule has 0 radical (unpaired) electrons. The van der Waals surface area contributed by atoms with E-state index < -0.39 is 23.7 Å². The summed E-state index contributed by atoms with van der Waals surface area (Å²) in [6.45, 7) is 3.87. The van der Waals surface area contributed by atoms with Gasteiger partial charge in [-0.15, -0.1) is 28.6 Å². The molecule has 11 nitrogen and oxygen atoms in total. The highest BCUT2D eigenvalue weighted by Gasteiger charge is 2.58. The Morgan fingerprint density at radius 2 is 1.83 bits per heavy atom. The smallest absolute Gasteiger partial charge is 0.189 e. The van der Waals surface area contributed by atoms with E-state index in [2.05, 4.69) is 69.6 Å². The number of aliphatic hydroxyl groups is 3. The zero-order valence-electron chi connectivity index (χ0n) is 40.3. The molecule has 2 aliphatic heterocycles. The predicted octanol–water partition coefficient (Wildman–Crippen LogP) is 8.34.